The first kappa shape index (κ1) is 29.9. The van der Waals surface area contributed by atoms with E-state index in [0.29, 0.717) is 28.7 Å². The largest absolute Gasteiger partial charge is 0.497 e. The highest BCUT2D eigenvalue weighted by molar-refractivity contribution is 6.44. The van der Waals surface area contributed by atoms with E-state index >= 15 is 0 Å². The molecule has 1 aromatic heterocycles. The highest BCUT2D eigenvalue weighted by Crippen LogP contribution is 2.34. The number of rotatable bonds is 6. The number of hydrazone groups is 1. The lowest BCUT2D eigenvalue weighted by Crippen LogP contribution is -2.24. The molecule has 0 amide bonds. The molecule has 204 valence electrons. The number of aryl methyl sites for hydroxylation is 2. The molecule has 0 radical (unpaired) electrons. The van der Waals surface area contributed by atoms with Gasteiger partial charge in [0.25, 0.3) is 0 Å². The van der Waals surface area contributed by atoms with Gasteiger partial charge < -0.3 is 4.74 Å². The predicted molar refractivity (Wildman–Crippen MR) is 161 cm³/mol. The topological polar surface area (TPSA) is 79.3 Å². The number of hydrogen-bond donors (Lipinski definition) is 1. The maximum atomic E-state index is 6.35. The van der Waals surface area contributed by atoms with Gasteiger partial charge >= 0.3 is 0 Å². The molecule has 7 nitrogen and oxygen atoms in total. The van der Waals surface area contributed by atoms with Crippen molar-refractivity contribution in [2.45, 2.75) is 46.5 Å². The van der Waals surface area contributed by atoms with E-state index in [1.165, 1.54) is 5.56 Å². The number of nitrogens with one attached hydrogen (secondary N) is 1. The van der Waals surface area contributed by atoms with E-state index in [0.717, 1.165) is 41.3 Å². The van der Waals surface area contributed by atoms with Gasteiger partial charge in [-0.2, -0.15) is 10.3 Å². The molecule has 2 aliphatic rings. The molecule has 39 heavy (non-hydrogen) atoms. The highest BCUT2D eigenvalue weighted by atomic mass is 35.5. The normalized spacial score (nSPS) is 14.6. The van der Waals surface area contributed by atoms with Gasteiger partial charge in [-0.25, -0.2) is 5.01 Å². The average Bonchev–Trinajstić information content (AvgIpc) is 3.45. The molecule has 0 fully saturated rings. The van der Waals surface area contributed by atoms with Crippen molar-refractivity contribution in [3.63, 3.8) is 0 Å². The van der Waals surface area contributed by atoms with Crippen molar-refractivity contribution in [2.24, 2.45) is 5.10 Å². The SMILES string of the molecule is CC.COc1ccc(N2N=C(CCc3nn[nH]n3)CC=C2C2=CCC=C(Cl)C(Cl)=C2)cc1.Cc1ccccc1. The number of halogens is 2. The molecule has 1 N–H and O–H groups in total. The summed E-state index contributed by atoms with van der Waals surface area (Å²) in [6.07, 6.45) is 10.9. The number of ether oxygens (including phenoxy) is 1. The number of nitrogens with zero attached hydrogens (tertiary/aromatic N) is 5. The summed E-state index contributed by atoms with van der Waals surface area (Å²) in [5, 5.41) is 22.1. The minimum atomic E-state index is 0.517. The molecular formula is C30H34Cl2N6O. The summed E-state index contributed by atoms with van der Waals surface area (Å²) in [5.74, 6) is 1.46. The van der Waals surface area contributed by atoms with Gasteiger partial charge in [0.15, 0.2) is 5.82 Å². The van der Waals surface area contributed by atoms with Gasteiger partial charge in [-0.05, 0) is 55.7 Å². The first-order valence-corrected chi connectivity index (χ1v) is 13.7. The number of aromatic nitrogens is 4. The van der Waals surface area contributed by atoms with E-state index in [9.17, 15) is 0 Å². The Kier molecular flexibility index (Phi) is 12.0. The summed E-state index contributed by atoms with van der Waals surface area (Å²) < 4.78 is 5.29. The van der Waals surface area contributed by atoms with Gasteiger partial charge in [0.1, 0.15) is 5.75 Å². The molecule has 9 heteroatoms. The Morgan fingerprint density at radius 1 is 0.923 bits per heavy atom. The zero-order valence-electron chi connectivity index (χ0n) is 22.7. The lowest BCUT2D eigenvalue weighted by Gasteiger charge is -2.28. The fraction of sp³-hybridized carbons (Fsp3) is 0.267. The number of hydrogen-bond acceptors (Lipinski definition) is 6. The molecule has 0 unspecified atom stereocenters. The predicted octanol–water partition coefficient (Wildman–Crippen LogP) is 7.89. The van der Waals surface area contributed by atoms with Crippen LogP contribution in [0.25, 0.3) is 0 Å². The van der Waals surface area contributed by atoms with Crippen molar-refractivity contribution < 1.29 is 4.74 Å². The van der Waals surface area contributed by atoms with E-state index in [1.54, 1.807) is 7.11 Å². The quantitative estimate of drug-likeness (QED) is 0.329. The van der Waals surface area contributed by atoms with Gasteiger partial charge in [0.05, 0.1) is 28.6 Å². The monoisotopic (exact) mass is 564 g/mol. The Morgan fingerprint density at radius 3 is 2.28 bits per heavy atom. The van der Waals surface area contributed by atoms with E-state index < -0.39 is 0 Å². The first-order valence-electron chi connectivity index (χ1n) is 12.9. The molecule has 0 spiro atoms. The van der Waals surface area contributed by atoms with E-state index in [1.807, 2.05) is 73.5 Å². The number of anilines is 1. The van der Waals surface area contributed by atoms with Crippen LogP contribution in [0.3, 0.4) is 0 Å². The zero-order chi connectivity index (χ0) is 28.0. The summed E-state index contributed by atoms with van der Waals surface area (Å²) >= 11 is 12.6. The van der Waals surface area contributed by atoms with Gasteiger partial charge in [0, 0.05) is 18.6 Å². The van der Waals surface area contributed by atoms with E-state index in [-0.39, 0.29) is 0 Å². The lowest BCUT2D eigenvalue weighted by molar-refractivity contribution is 0.415. The van der Waals surface area contributed by atoms with Crippen molar-refractivity contribution in [1.82, 2.24) is 20.6 Å². The third kappa shape index (κ3) is 8.94. The van der Waals surface area contributed by atoms with Gasteiger partial charge in [-0.1, -0.05) is 96.4 Å². The zero-order valence-corrected chi connectivity index (χ0v) is 24.2. The number of H-pyrrole nitrogens is 1. The minimum absolute atomic E-state index is 0.517. The van der Waals surface area contributed by atoms with Crippen LogP contribution in [0.5, 0.6) is 5.75 Å². The molecule has 5 rings (SSSR count). The minimum Gasteiger partial charge on any atom is -0.497 e. The van der Waals surface area contributed by atoms with Gasteiger partial charge in [-0.15, -0.1) is 10.2 Å². The fourth-order valence-corrected chi connectivity index (χ4v) is 4.10. The number of methoxy groups -OCH3 is 1. The Labute approximate surface area is 240 Å². The molecule has 1 aliphatic heterocycles. The van der Waals surface area contributed by atoms with E-state index in [4.69, 9.17) is 33.0 Å². The summed E-state index contributed by atoms with van der Waals surface area (Å²) in [5.41, 5.74) is 5.21. The van der Waals surface area contributed by atoms with Crippen LogP contribution in [0.15, 0.2) is 105 Å². The second kappa shape index (κ2) is 15.7. The molecule has 1 aliphatic carbocycles. The van der Waals surface area contributed by atoms with Crippen LogP contribution >= 0.6 is 23.2 Å². The summed E-state index contributed by atoms with van der Waals surface area (Å²) in [6, 6.07) is 18.0. The maximum absolute atomic E-state index is 6.35. The molecule has 2 heterocycles. The van der Waals surface area contributed by atoms with Crippen molar-refractivity contribution in [2.75, 3.05) is 12.1 Å². The summed E-state index contributed by atoms with van der Waals surface area (Å²) in [7, 11) is 1.65. The summed E-state index contributed by atoms with van der Waals surface area (Å²) in [4.78, 5) is 0. The number of tetrazole rings is 1. The van der Waals surface area contributed by atoms with Crippen LogP contribution in [0.1, 0.15) is 44.5 Å². The van der Waals surface area contributed by atoms with E-state index in [2.05, 4.69) is 51.8 Å². The Balaban J connectivity index is 0.000000401. The van der Waals surface area contributed by atoms with Gasteiger partial charge in [-0.3, -0.25) is 0 Å². The third-order valence-electron chi connectivity index (χ3n) is 5.73. The van der Waals surface area contributed by atoms with Crippen LogP contribution in [0.2, 0.25) is 0 Å². The molecule has 0 bridgehead atoms. The van der Waals surface area contributed by atoms with Crippen molar-refractivity contribution in [3.8, 4) is 5.75 Å². The second-order valence-electron chi connectivity index (χ2n) is 8.39. The molecule has 0 saturated carbocycles. The first-order chi connectivity index (χ1) is 19.0. The number of aromatic amines is 1. The molecule has 2 aromatic carbocycles. The average molecular weight is 566 g/mol. The van der Waals surface area contributed by atoms with Crippen LogP contribution in [0, 0.1) is 6.92 Å². The summed E-state index contributed by atoms with van der Waals surface area (Å²) in [6.45, 7) is 6.08. The second-order valence-corrected chi connectivity index (χ2v) is 9.21. The highest BCUT2D eigenvalue weighted by Gasteiger charge is 2.21. The molecule has 0 saturated heterocycles. The Morgan fingerprint density at radius 2 is 1.67 bits per heavy atom. The van der Waals surface area contributed by atoms with Gasteiger partial charge in [0.2, 0.25) is 0 Å². The maximum Gasteiger partial charge on any atom is 0.174 e. The molecular weight excluding hydrogens is 531 g/mol. The molecule has 0 atom stereocenters. The fourth-order valence-electron chi connectivity index (χ4n) is 3.76. The third-order valence-corrected chi connectivity index (χ3v) is 6.49. The van der Waals surface area contributed by atoms with Crippen molar-refractivity contribution >= 4 is 34.6 Å². The van der Waals surface area contributed by atoms with Crippen LogP contribution in [-0.2, 0) is 6.42 Å². The molecule has 3 aromatic rings. The van der Waals surface area contributed by atoms with Crippen molar-refractivity contribution in [1.29, 1.82) is 0 Å². The van der Waals surface area contributed by atoms with Crippen LogP contribution in [-0.4, -0.2) is 33.4 Å². The van der Waals surface area contributed by atoms with Crippen LogP contribution in [0.4, 0.5) is 5.69 Å². The Bertz CT molecular complexity index is 1330. The van der Waals surface area contributed by atoms with Crippen LogP contribution < -0.4 is 9.75 Å². The smallest absolute Gasteiger partial charge is 0.174 e. The lowest BCUT2D eigenvalue weighted by atomic mass is 10.0. The number of allylic oxidation sites excluding steroid dienone is 6. The van der Waals surface area contributed by atoms with Crippen molar-refractivity contribution in [3.05, 3.63) is 112 Å². The number of benzene rings is 2. The standard InChI is InChI=1S/C21H20Cl2N6O.C7H8.C2H6/c1-30-17-9-7-16(8-10-17)29-20(14-3-2-4-18(22)19(23)13-14)11-5-15(26-29)6-12-21-24-27-28-25-21;1-7-5-3-2-4-6-7;1-2/h3-4,7-11,13H,2,5-6,12H2,1H3,(H,24,25,27,28);2-6H,1H3;1-2H3. The Hall–Kier alpha value is -3.68.